The Balaban J connectivity index is 1.32. The Morgan fingerprint density at radius 1 is 1.00 bits per heavy atom. The summed E-state index contributed by atoms with van der Waals surface area (Å²) in [4.78, 5) is 31.2. The second-order valence-electron chi connectivity index (χ2n) is 9.49. The minimum Gasteiger partial charge on any atom is -0.368 e. The highest BCUT2D eigenvalue weighted by molar-refractivity contribution is 7.19. The summed E-state index contributed by atoms with van der Waals surface area (Å²) >= 11 is 1.64. The van der Waals surface area contributed by atoms with Crippen molar-refractivity contribution in [2.45, 2.75) is 25.4 Å². The lowest BCUT2D eigenvalue weighted by molar-refractivity contribution is 0.0737. The number of fused-ring (bicyclic) bond motifs is 3. The number of nitrogens with two attached hydrogens (primary N) is 1. The second kappa shape index (κ2) is 10.7. The summed E-state index contributed by atoms with van der Waals surface area (Å²) in [5.41, 5.74) is 10.6. The monoisotopic (exact) mass is 520 g/mol. The summed E-state index contributed by atoms with van der Waals surface area (Å²) in [6.45, 7) is 1.81. The highest BCUT2D eigenvalue weighted by Gasteiger charge is 2.27. The van der Waals surface area contributed by atoms with Crippen LogP contribution in [0.4, 0.5) is 5.82 Å². The zero-order chi connectivity index (χ0) is 25.9. The van der Waals surface area contributed by atoms with Crippen LogP contribution in [0.3, 0.4) is 0 Å². The van der Waals surface area contributed by atoms with Gasteiger partial charge in [0.25, 0.3) is 5.91 Å². The third-order valence-corrected chi connectivity index (χ3v) is 7.93. The van der Waals surface area contributed by atoms with E-state index in [1.807, 2.05) is 65.6 Å². The first-order valence-corrected chi connectivity index (χ1v) is 13.6. The van der Waals surface area contributed by atoms with Crippen LogP contribution >= 0.6 is 11.3 Å². The molecule has 3 aromatic heterocycles. The van der Waals surface area contributed by atoms with Gasteiger partial charge in [0, 0.05) is 47.5 Å². The maximum Gasteiger partial charge on any atom is 0.254 e. The number of rotatable bonds is 7. The molecule has 6 rings (SSSR count). The molecule has 0 bridgehead atoms. The molecule has 1 aliphatic heterocycles. The Hall–Kier alpha value is -4.14. The SMILES string of the molecule is N[C@H](CNc1nc(-c2ccncc2)nc2sc3c(c12)CCN(C(=O)c1ccccc1)C3)Cc1ccccc1. The molecule has 0 fully saturated rings. The lowest BCUT2D eigenvalue weighted by Crippen LogP contribution is -2.35. The van der Waals surface area contributed by atoms with Gasteiger partial charge in [-0.1, -0.05) is 48.5 Å². The van der Waals surface area contributed by atoms with Gasteiger partial charge in [0.2, 0.25) is 0 Å². The summed E-state index contributed by atoms with van der Waals surface area (Å²) in [5.74, 6) is 1.50. The smallest absolute Gasteiger partial charge is 0.254 e. The number of nitrogens with one attached hydrogen (secondary N) is 1. The van der Waals surface area contributed by atoms with Crippen LogP contribution in [0.25, 0.3) is 21.6 Å². The maximum atomic E-state index is 13.1. The molecule has 2 aromatic carbocycles. The highest BCUT2D eigenvalue weighted by Crippen LogP contribution is 2.39. The molecular weight excluding hydrogens is 492 g/mol. The maximum absolute atomic E-state index is 13.1. The Morgan fingerprint density at radius 3 is 2.50 bits per heavy atom. The van der Waals surface area contributed by atoms with Gasteiger partial charge in [-0.25, -0.2) is 9.97 Å². The minimum atomic E-state index is -0.0692. The van der Waals surface area contributed by atoms with Crippen molar-refractivity contribution in [1.82, 2.24) is 19.9 Å². The van der Waals surface area contributed by atoms with E-state index in [4.69, 9.17) is 15.7 Å². The van der Waals surface area contributed by atoms with Gasteiger partial charge < -0.3 is 16.0 Å². The van der Waals surface area contributed by atoms with Crippen molar-refractivity contribution >= 4 is 33.3 Å². The fourth-order valence-corrected chi connectivity index (χ4v) is 6.14. The summed E-state index contributed by atoms with van der Waals surface area (Å²) in [6.07, 6.45) is 5.03. The fraction of sp³-hybridized carbons (Fsp3) is 0.200. The predicted octanol–water partition coefficient (Wildman–Crippen LogP) is 4.93. The molecule has 0 radical (unpaired) electrons. The van der Waals surface area contributed by atoms with Crippen molar-refractivity contribution in [3.63, 3.8) is 0 Å². The quantitative estimate of drug-likeness (QED) is 0.316. The Kier molecular flexibility index (Phi) is 6.81. The van der Waals surface area contributed by atoms with Crippen LogP contribution in [0.1, 0.15) is 26.4 Å². The number of hydrogen-bond acceptors (Lipinski definition) is 7. The molecule has 190 valence electrons. The van der Waals surface area contributed by atoms with Crippen molar-refractivity contribution in [3.05, 3.63) is 107 Å². The van der Waals surface area contributed by atoms with E-state index in [-0.39, 0.29) is 11.9 Å². The molecule has 5 aromatic rings. The summed E-state index contributed by atoms with van der Waals surface area (Å²) in [5, 5.41) is 4.59. The number of anilines is 1. The van der Waals surface area contributed by atoms with Crippen LogP contribution in [-0.4, -0.2) is 44.9 Å². The van der Waals surface area contributed by atoms with Crippen molar-refractivity contribution in [2.24, 2.45) is 5.73 Å². The average Bonchev–Trinajstić information content (AvgIpc) is 3.35. The molecule has 0 saturated carbocycles. The fourth-order valence-electron chi connectivity index (χ4n) is 4.91. The minimum absolute atomic E-state index is 0.0579. The highest BCUT2D eigenvalue weighted by atomic mass is 32.1. The number of carbonyl (C=O) groups is 1. The lowest BCUT2D eigenvalue weighted by Gasteiger charge is -2.27. The molecule has 1 atom stereocenters. The first-order valence-electron chi connectivity index (χ1n) is 12.8. The largest absolute Gasteiger partial charge is 0.368 e. The topological polar surface area (TPSA) is 97.0 Å². The standard InChI is InChI=1S/C30H28N6OS/c31-23(17-20-7-3-1-4-8-20)18-33-28-26-24-13-16-36(30(37)22-9-5-2-6-10-22)19-25(24)38-29(26)35-27(34-28)21-11-14-32-15-12-21/h1-12,14-15,23H,13,16-19,31H2,(H,33,34,35)/t23-/m0/s1. The van der Waals surface area contributed by atoms with E-state index < -0.39 is 0 Å². The van der Waals surface area contributed by atoms with Crippen LogP contribution in [0.2, 0.25) is 0 Å². The normalized spacial score (nSPS) is 13.8. The molecular formula is C30H28N6OS. The third-order valence-electron chi connectivity index (χ3n) is 6.82. The van der Waals surface area contributed by atoms with Gasteiger partial charge in [0.05, 0.1) is 11.9 Å². The van der Waals surface area contributed by atoms with Crippen LogP contribution < -0.4 is 11.1 Å². The second-order valence-corrected chi connectivity index (χ2v) is 10.6. The van der Waals surface area contributed by atoms with Crippen LogP contribution in [0.15, 0.2) is 85.2 Å². The number of carbonyl (C=O) groups excluding carboxylic acids is 1. The van der Waals surface area contributed by atoms with Gasteiger partial charge in [-0.05, 0) is 48.2 Å². The molecule has 4 heterocycles. The van der Waals surface area contributed by atoms with Gasteiger partial charge in [-0.3, -0.25) is 9.78 Å². The molecule has 0 spiro atoms. The van der Waals surface area contributed by atoms with E-state index in [1.54, 1.807) is 23.7 Å². The molecule has 0 aliphatic carbocycles. The first kappa shape index (κ1) is 24.2. The van der Waals surface area contributed by atoms with E-state index in [0.29, 0.717) is 31.0 Å². The van der Waals surface area contributed by atoms with Crippen LogP contribution in [0.5, 0.6) is 0 Å². The van der Waals surface area contributed by atoms with E-state index >= 15 is 0 Å². The zero-order valence-corrected chi connectivity index (χ0v) is 21.7. The van der Waals surface area contributed by atoms with Gasteiger partial charge in [0.1, 0.15) is 10.6 Å². The third kappa shape index (κ3) is 5.01. The van der Waals surface area contributed by atoms with Crippen molar-refractivity contribution in [3.8, 4) is 11.4 Å². The van der Waals surface area contributed by atoms with Crippen molar-refractivity contribution in [1.29, 1.82) is 0 Å². The molecule has 1 amide bonds. The number of hydrogen-bond donors (Lipinski definition) is 2. The van der Waals surface area contributed by atoms with Crippen molar-refractivity contribution in [2.75, 3.05) is 18.4 Å². The molecule has 1 aliphatic rings. The Labute approximate surface area is 225 Å². The summed E-state index contributed by atoms with van der Waals surface area (Å²) < 4.78 is 0. The molecule has 7 nitrogen and oxygen atoms in total. The number of benzene rings is 2. The zero-order valence-electron chi connectivity index (χ0n) is 20.9. The number of nitrogens with zero attached hydrogens (tertiary/aromatic N) is 4. The first-order chi connectivity index (χ1) is 18.7. The van der Waals surface area contributed by atoms with E-state index in [1.165, 1.54) is 11.1 Å². The average molecular weight is 521 g/mol. The van der Waals surface area contributed by atoms with Gasteiger partial charge in [-0.15, -0.1) is 11.3 Å². The van der Waals surface area contributed by atoms with E-state index in [2.05, 4.69) is 22.4 Å². The van der Waals surface area contributed by atoms with Gasteiger partial charge in [-0.2, -0.15) is 0 Å². The summed E-state index contributed by atoms with van der Waals surface area (Å²) in [7, 11) is 0. The Bertz CT molecular complexity index is 1560. The van der Waals surface area contributed by atoms with Crippen molar-refractivity contribution < 1.29 is 4.79 Å². The Morgan fingerprint density at radius 2 is 1.74 bits per heavy atom. The number of amides is 1. The predicted molar refractivity (Wildman–Crippen MR) is 152 cm³/mol. The number of pyridine rings is 1. The van der Waals surface area contributed by atoms with Crippen LogP contribution in [-0.2, 0) is 19.4 Å². The summed E-state index contributed by atoms with van der Waals surface area (Å²) in [6, 6.07) is 23.5. The lowest BCUT2D eigenvalue weighted by atomic mass is 10.0. The van der Waals surface area contributed by atoms with Crippen LogP contribution in [0, 0.1) is 0 Å². The molecule has 0 unspecified atom stereocenters. The van der Waals surface area contributed by atoms with Gasteiger partial charge >= 0.3 is 0 Å². The number of aromatic nitrogens is 3. The molecule has 3 N–H and O–H groups in total. The molecule has 8 heteroatoms. The molecule has 38 heavy (non-hydrogen) atoms. The number of thiophene rings is 1. The van der Waals surface area contributed by atoms with E-state index in [0.717, 1.165) is 39.3 Å². The molecule has 0 saturated heterocycles. The van der Waals surface area contributed by atoms with E-state index in [9.17, 15) is 4.79 Å². The van der Waals surface area contributed by atoms with Gasteiger partial charge in [0.15, 0.2) is 5.82 Å².